The lowest BCUT2D eigenvalue weighted by Gasteiger charge is -2.33. The topological polar surface area (TPSA) is 37.2 Å². The van der Waals surface area contributed by atoms with Crippen molar-refractivity contribution in [1.29, 1.82) is 0 Å². The molecule has 0 radical (unpaired) electrons. The van der Waals surface area contributed by atoms with Gasteiger partial charge in [-0.25, -0.2) is 0 Å². The summed E-state index contributed by atoms with van der Waals surface area (Å²) in [5.74, 6) is 0. The van der Waals surface area contributed by atoms with Crippen LogP contribution in [0.4, 0.5) is 34.1 Å². The van der Waals surface area contributed by atoms with E-state index in [-0.39, 0.29) is 10.8 Å². The van der Waals surface area contributed by atoms with Crippen molar-refractivity contribution in [1.82, 2.24) is 14.5 Å². The quantitative estimate of drug-likeness (QED) is 0.135. The summed E-state index contributed by atoms with van der Waals surface area (Å²) in [5, 5.41) is 2.32. The van der Waals surface area contributed by atoms with Crippen LogP contribution in [0.3, 0.4) is 0 Å². The number of benzene rings is 9. The van der Waals surface area contributed by atoms with Crippen molar-refractivity contribution in [3.63, 3.8) is 0 Å². The molecular weight excluding hydrogens is 1010 g/mol. The van der Waals surface area contributed by atoms with Crippen LogP contribution in [0.2, 0.25) is 0 Å². The minimum Gasteiger partial charge on any atom is -0.310 e. The molecule has 3 heterocycles. The summed E-state index contributed by atoms with van der Waals surface area (Å²) in [6.45, 7) is 15.9. The first-order valence-electron chi connectivity index (χ1n) is 28.9. The fraction of sp³-hybridized carbons (Fsp3) is 0.103. The van der Waals surface area contributed by atoms with E-state index in [1.54, 1.807) is 0 Å². The van der Waals surface area contributed by atoms with Gasteiger partial charge in [0.1, 0.15) is 0 Å². The van der Waals surface area contributed by atoms with Crippen LogP contribution in [0, 0.1) is 0 Å². The third-order valence-electron chi connectivity index (χ3n) is 19.0. The molecular formula is C78H59N5. The molecule has 16 rings (SSSR count). The fourth-order valence-corrected chi connectivity index (χ4v) is 15.3. The highest BCUT2D eigenvalue weighted by molar-refractivity contribution is 6.20. The van der Waals surface area contributed by atoms with Crippen LogP contribution >= 0.6 is 0 Å². The lowest BCUT2D eigenvalue weighted by Crippen LogP contribution is -2.26. The standard InChI is InChI=1S/C78H59N5/c1-7-8-22-56-49(2)78(69-29-18-14-23-57(56)69)70-30-19-15-26-61(70)73-71(78)48-64-60-34-31-55(81(51-37-41-79-42-38-51)53-32-35-67-62(45-53)58-24-12-16-27-65(58)76(67,3)4)47-72(60)83(50-20-10-9-11-21-50)74(64)75(73)82(52-39-43-80-44-40-52)54-33-36-68-63(46-54)59-25-13-17-28-66(59)77(68,5)6/h7-48H,1H2,2-6H3/b22-8-. The van der Waals surface area contributed by atoms with Crippen LogP contribution in [-0.4, -0.2) is 14.5 Å². The molecule has 0 amide bonds. The zero-order valence-electron chi connectivity index (χ0n) is 47.2. The summed E-state index contributed by atoms with van der Waals surface area (Å²) in [7, 11) is 0. The lowest BCUT2D eigenvalue weighted by molar-refractivity contribution is 0.660. The molecule has 0 saturated heterocycles. The Balaban J connectivity index is 1.06. The van der Waals surface area contributed by atoms with Crippen LogP contribution in [-0.2, 0) is 16.2 Å². The number of fused-ring (bicyclic) bond motifs is 16. The van der Waals surface area contributed by atoms with E-state index >= 15 is 0 Å². The third kappa shape index (κ3) is 6.70. The minimum atomic E-state index is -0.628. The first-order chi connectivity index (χ1) is 40.6. The number of hydrogen-bond donors (Lipinski definition) is 0. The van der Waals surface area contributed by atoms with Gasteiger partial charge in [0.15, 0.2) is 0 Å². The van der Waals surface area contributed by atoms with Crippen LogP contribution in [0.15, 0.2) is 267 Å². The van der Waals surface area contributed by atoms with Crippen molar-refractivity contribution < 1.29 is 0 Å². The summed E-state index contributed by atoms with van der Waals surface area (Å²) in [6, 6.07) is 79.7. The second kappa shape index (κ2) is 17.9. The Bertz CT molecular complexity index is 4770. The van der Waals surface area contributed by atoms with E-state index in [0.717, 1.165) is 61.6 Å². The monoisotopic (exact) mass is 1070 g/mol. The molecule has 1 unspecified atom stereocenters. The summed E-state index contributed by atoms with van der Waals surface area (Å²) < 4.78 is 2.55. The van der Waals surface area contributed by atoms with Gasteiger partial charge in [0.2, 0.25) is 0 Å². The van der Waals surface area contributed by atoms with Gasteiger partial charge in [-0.2, -0.15) is 0 Å². The Morgan fingerprint density at radius 3 is 1.51 bits per heavy atom. The van der Waals surface area contributed by atoms with Crippen LogP contribution in [0.25, 0.3) is 66.4 Å². The first kappa shape index (κ1) is 48.8. The van der Waals surface area contributed by atoms with E-state index in [1.807, 2.05) is 30.9 Å². The van der Waals surface area contributed by atoms with Crippen LogP contribution in [0.5, 0.6) is 0 Å². The van der Waals surface area contributed by atoms with Crippen molar-refractivity contribution >= 4 is 61.5 Å². The van der Waals surface area contributed by atoms with Crippen molar-refractivity contribution in [2.75, 3.05) is 9.80 Å². The Labute approximate surface area is 485 Å². The van der Waals surface area contributed by atoms with E-state index in [9.17, 15) is 0 Å². The molecule has 0 saturated carbocycles. The summed E-state index contributed by atoms with van der Waals surface area (Å²) >= 11 is 0. The number of aromatic nitrogens is 3. The van der Waals surface area contributed by atoms with E-state index in [4.69, 9.17) is 0 Å². The number of pyridine rings is 2. The molecule has 4 aliphatic rings. The molecule has 5 heteroatoms. The molecule has 0 aliphatic heterocycles. The lowest BCUT2D eigenvalue weighted by atomic mass is 9.70. The fourth-order valence-electron chi connectivity index (χ4n) is 15.3. The Hall–Kier alpha value is -10.1. The molecule has 83 heavy (non-hydrogen) atoms. The number of rotatable bonds is 9. The van der Waals surface area contributed by atoms with E-state index in [2.05, 4.69) is 290 Å². The number of allylic oxidation sites excluding steroid dienone is 5. The van der Waals surface area contributed by atoms with Gasteiger partial charge in [-0.15, -0.1) is 0 Å². The van der Waals surface area contributed by atoms with Crippen molar-refractivity contribution in [2.45, 2.75) is 50.9 Å². The zero-order chi connectivity index (χ0) is 55.9. The third-order valence-corrected chi connectivity index (χ3v) is 19.0. The molecule has 9 aromatic carbocycles. The maximum Gasteiger partial charge on any atom is 0.0791 e. The molecule has 1 atom stereocenters. The molecule has 0 fully saturated rings. The smallest absolute Gasteiger partial charge is 0.0791 e. The first-order valence-corrected chi connectivity index (χ1v) is 28.9. The molecule has 12 aromatic rings. The normalized spacial score (nSPS) is 16.2. The molecule has 4 aliphatic carbocycles. The number of anilines is 6. The van der Waals surface area contributed by atoms with Crippen molar-refractivity contribution in [2.24, 2.45) is 0 Å². The molecule has 3 aromatic heterocycles. The average molecular weight is 1070 g/mol. The van der Waals surface area contributed by atoms with Gasteiger partial charge in [0.25, 0.3) is 0 Å². The maximum absolute atomic E-state index is 4.67. The average Bonchev–Trinajstić information content (AvgIpc) is 1.57. The minimum absolute atomic E-state index is 0.123. The van der Waals surface area contributed by atoms with E-state index in [1.165, 1.54) is 89.0 Å². The molecule has 1 spiro atoms. The molecule has 0 bridgehead atoms. The van der Waals surface area contributed by atoms with Gasteiger partial charge < -0.3 is 14.4 Å². The summed E-state index contributed by atoms with van der Waals surface area (Å²) in [6.07, 6.45) is 13.9. The van der Waals surface area contributed by atoms with Crippen molar-refractivity contribution in [3.05, 3.63) is 312 Å². The summed E-state index contributed by atoms with van der Waals surface area (Å²) in [5.41, 5.74) is 29.1. The Kier molecular flexibility index (Phi) is 10.5. The SMILES string of the molecule is C=C/C=C\C1=C(C)C2(c3ccccc31)c1ccccc1-c1c2cc2c3ccc(N(c4ccncc4)c4ccc5c(c4)-c4ccccc4C5(C)C)cc3n(-c3ccccc3)c2c1N(c1ccncc1)c1ccc2c(c1)-c1ccccc1C2(C)C. The van der Waals surface area contributed by atoms with Crippen LogP contribution in [0.1, 0.15) is 79.1 Å². The zero-order valence-corrected chi connectivity index (χ0v) is 47.2. The number of nitrogens with zero attached hydrogens (tertiary/aromatic N) is 5. The van der Waals surface area contributed by atoms with Crippen molar-refractivity contribution in [3.8, 4) is 39.1 Å². The van der Waals surface area contributed by atoms with Gasteiger partial charge in [-0.05, 0) is 169 Å². The number of hydrogen-bond acceptors (Lipinski definition) is 4. The van der Waals surface area contributed by atoms with Crippen LogP contribution < -0.4 is 9.80 Å². The van der Waals surface area contributed by atoms with Gasteiger partial charge in [-0.1, -0.05) is 186 Å². The Morgan fingerprint density at radius 2 is 0.904 bits per heavy atom. The molecule has 0 N–H and O–H groups in total. The second-order valence-electron chi connectivity index (χ2n) is 23.8. The Morgan fingerprint density at radius 1 is 0.422 bits per heavy atom. The molecule has 5 nitrogen and oxygen atoms in total. The highest BCUT2D eigenvalue weighted by atomic mass is 15.2. The van der Waals surface area contributed by atoms with Gasteiger partial charge in [-0.3, -0.25) is 9.97 Å². The largest absolute Gasteiger partial charge is 0.310 e. The number of para-hydroxylation sites is 1. The van der Waals surface area contributed by atoms with E-state index < -0.39 is 5.41 Å². The van der Waals surface area contributed by atoms with Gasteiger partial charge >= 0.3 is 0 Å². The molecule has 396 valence electrons. The second-order valence-corrected chi connectivity index (χ2v) is 23.8. The maximum atomic E-state index is 4.67. The predicted octanol–water partition coefficient (Wildman–Crippen LogP) is 20.0. The predicted molar refractivity (Wildman–Crippen MR) is 345 cm³/mol. The van der Waals surface area contributed by atoms with Gasteiger partial charge in [0.05, 0.1) is 22.1 Å². The summed E-state index contributed by atoms with van der Waals surface area (Å²) in [4.78, 5) is 14.2. The van der Waals surface area contributed by atoms with E-state index in [0.29, 0.717) is 0 Å². The highest BCUT2D eigenvalue weighted by Crippen LogP contribution is 2.66. The highest BCUT2D eigenvalue weighted by Gasteiger charge is 2.53. The van der Waals surface area contributed by atoms with Gasteiger partial charge in [0, 0.05) is 86.1 Å².